The predicted molar refractivity (Wildman–Crippen MR) is 109 cm³/mol. The van der Waals surface area contributed by atoms with Gasteiger partial charge in [0.1, 0.15) is 17.2 Å². The Labute approximate surface area is 174 Å². The number of amides is 1. The van der Waals surface area contributed by atoms with Crippen molar-refractivity contribution in [1.29, 1.82) is 0 Å². The molecule has 5 rings (SSSR count). The molecule has 150 valence electrons. The molecule has 10 heteroatoms. The van der Waals surface area contributed by atoms with Crippen molar-refractivity contribution in [3.8, 4) is 17.2 Å². The molecule has 0 bridgehead atoms. The lowest BCUT2D eigenvalue weighted by molar-refractivity contribution is -0.113. The highest BCUT2D eigenvalue weighted by Crippen LogP contribution is 2.34. The van der Waals surface area contributed by atoms with Gasteiger partial charge in [0, 0.05) is 11.8 Å². The van der Waals surface area contributed by atoms with Crippen molar-refractivity contribution in [2.75, 3.05) is 17.9 Å². The third kappa shape index (κ3) is 3.52. The summed E-state index contributed by atoms with van der Waals surface area (Å²) < 4.78 is 25.4. The van der Waals surface area contributed by atoms with E-state index in [1.54, 1.807) is 41.2 Å². The van der Waals surface area contributed by atoms with Gasteiger partial charge in [0.15, 0.2) is 17.1 Å². The average Bonchev–Trinajstić information content (AvgIpc) is 3.39. The van der Waals surface area contributed by atoms with Gasteiger partial charge in [-0.15, -0.1) is 0 Å². The summed E-state index contributed by atoms with van der Waals surface area (Å²) in [6.07, 6.45) is 3.05. The number of ether oxygens (including phenoxy) is 2. The highest BCUT2D eigenvalue weighted by atomic mass is 32.2. The van der Waals surface area contributed by atoms with E-state index in [4.69, 9.17) is 9.47 Å². The normalized spacial score (nSPS) is 12.3. The number of anilines is 1. The minimum Gasteiger partial charge on any atom is -0.454 e. The predicted octanol–water partition coefficient (Wildman–Crippen LogP) is 3.41. The number of carbonyl (C=O) groups is 1. The van der Waals surface area contributed by atoms with Crippen molar-refractivity contribution in [1.82, 2.24) is 19.7 Å². The number of halogens is 1. The quantitative estimate of drug-likeness (QED) is 0.389. The van der Waals surface area contributed by atoms with Crippen LogP contribution in [0.5, 0.6) is 11.5 Å². The summed E-state index contributed by atoms with van der Waals surface area (Å²) in [6, 6.07) is 11.2. The summed E-state index contributed by atoms with van der Waals surface area (Å²) in [5, 5.41) is 8.51. The first-order valence-electron chi connectivity index (χ1n) is 8.94. The van der Waals surface area contributed by atoms with E-state index in [1.807, 2.05) is 0 Å². The Hall–Kier alpha value is -3.66. The van der Waals surface area contributed by atoms with Gasteiger partial charge in [0.2, 0.25) is 12.7 Å². The molecule has 0 aliphatic carbocycles. The Balaban J connectivity index is 1.31. The lowest BCUT2D eigenvalue weighted by atomic mass is 10.3. The van der Waals surface area contributed by atoms with Crippen LogP contribution in [-0.4, -0.2) is 38.2 Å². The zero-order chi connectivity index (χ0) is 20.5. The van der Waals surface area contributed by atoms with Crippen LogP contribution < -0.4 is 14.8 Å². The summed E-state index contributed by atoms with van der Waals surface area (Å²) in [6.45, 7) is 0.178. The Morgan fingerprint density at radius 3 is 2.83 bits per heavy atom. The summed E-state index contributed by atoms with van der Waals surface area (Å²) in [7, 11) is 0. The number of hydrogen-bond donors (Lipinski definition) is 1. The van der Waals surface area contributed by atoms with Crippen LogP contribution in [0, 0.1) is 5.82 Å². The van der Waals surface area contributed by atoms with Gasteiger partial charge in [0.05, 0.1) is 23.0 Å². The second-order valence-corrected chi connectivity index (χ2v) is 7.32. The number of thioether (sulfide) groups is 1. The smallest absolute Gasteiger partial charge is 0.234 e. The standard InChI is InChI=1S/C20H14FN5O3S/c21-12-1-4-14(5-2-12)26-19-15(8-24-26)20(23-10-22-19)30-9-18(27)25-13-3-6-16-17(7-13)29-11-28-16/h1-8,10H,9,11H2,(H,25,27). The maximum Gasteiger partial charge on any atom is 0.234 e. The fraction of sp³-hybridized carbons (Fsp3) is 0.100. The molecule has 0 unspecified atom stereocenters. The van der Waals surface area contributed by atoms with Crippen molar-refractivity contribution in [3.63, 3.8) is 0 Å². The van der Waals surface area contributed by atoms with E-state index in [1.165, 1.54) is 30.2 Å². The van der Waals surface area contributed by atoms with Crippen molar-refractivity contribution < 1.29 is 18.7 Å². The fourth-order valence-corrected chi connectivity index (χ4v) is 3.78. The topological polar surface area (TPSA) is 91.2 Å². The van der Waals surface area contributed by atoms with Gasteiger partial charge < -0.3 is 14.8 Å². The molecular formula is C20H14FN5O3S. The van der Waals surface area contributed by atoms with Crippen LogP contribution in [0.3, 0.4) is 0 Å². The number of benzene rings is 2. The van der Waals surface area contributed by atoms with Gasteiger partial charge in [-0.3, -0.25) is 4.79 Å². The van der Waals surface area contributed by atoms with Crippen molar-refractivity contribution >= 4 is 34.4 Å². The first-order chi connectivity index (χ1) is 14.7. The molecule has 0 radical (unpaired) electrons. The van der Waals surface area contributed by atoms with E-state index in [0.717, 1.165) is 0 Å². The molecule has 0 spiro atoms. The number of carbonyl (C=O) groups excluding carboxylic acids is 1. The molecule has 3 heterocycles. The van der Waals surface area contributed by atoms with E-state index in [0.29, 0.717) is 38.9 Å². The zero-order valence-corrected chi connectivity index (χ0v) is 16.2. The van der Waals surface area contributed by atoms with Crippen LogP contribution in [0.2, 0.25) is 0 Å². The SMILES string of the molecule is O=C(CSc1ncnc2c1cnn2-c1ccc(F)cc1)Nc1ccc2c(c1)OCO2. The molecule has 1 amide bonds. The van der Waals surface area contributed by atoms with Crippen LogP contribution in [0.4, 0.5) is 10.1 Å². The molecule has 8 nitrogen and oxygen atoms in total. The Morgan fingerprint density at radius 2 is 1.97 bits per heavy atom. The second kappa shape index (κ2) is 7.64. The van der Waals surface area contributed by atoms with Crippen LogP contribution in [0.25, 0.3) is 16.7 Å². The highest BCUT2D eigenvalue weighted by Gasteiger charge is 2.16. The Kier molecular flexibility index (Phi) is 4.68. The summed E-state index contributed by atoms with van der Waals surface area (Å²) in [4.78, 5) is 20.9. The third-order valence-electron chi connectivity index (χ3n) is 4.40. The molecule has 1 aliphatic heterocycles. The summed E-state index contributed by atoms with van der Waals surface area (Å²) in [5.74, 6) is 0.906. The maximum absolute atomic E-state index is 13.2. The van der Waals surface area contributed by atoms with Crippen molar-refractivity contribution in [2.24, 2.45) is 0 Å². The molecule has 1 aliphatic rings. The van der Waals surface area contributed by atoms with Crippen molar-refractivity contribution in [3.05, 3.63) is 60.8 Å². The van der Waals surface area contributed by atoms with Crippen molar-refractivity contribution in [2.45, 2.75) is 5.03 Å². The van der Waals surface area contributed by atoms with Gasteiger partial charge in [-0.25, -0.2) is 19.0 Å². The number of aromatic nitrogens is 4. The third-order valence-corrected chi connectivity index (χ3v) is 5.40. The Bertz CT molecular complexity index is 1250. The molecule has 0 saturated carbocycles. The number of nitrogens with zero attached hydrogens (tertiary/aromatic N) is 4. The lowest BCUT2D eigenvalue weighted by Crippen LogP contribution is -2.14. The van der Waals surface area contributed by atoms with E-state index in [-0.39, 0.29) is 24.3 Å². The monoisotopic (exact) mass is 423 g/mol. The molecular weight excluding hydrogens is 409 g/mol. The fourth-order valence-electron chi connectivity index (χ4n) is 3.01. The molecule has 0 fully saturated rings. The van der Waals surface area contributed by atoms with Gasteiger partial charge in [-0.05, 0) is 36.4 Å². The zero-order valence-electron chi connectivity index (χ0n) is 15.4. The average molecular weight is 423 g/mol. The second-order valence-electron chi connectivity index (χ2n) is 6.35. The van der Waals surface area contributed by atoms with Gasteiger partial charge in [0.25, 0.3) is 0 Å². The van der Waals surface area contributed by atoms with E-state index in [9.17, 15) is 9.18 Å². The number of fused-ring (bicyclic) bond motifs is 2. The lowest BCUT2D eigenvalue weighted by Gasteiger charge is -2.06. The number of nitrogens with one attached hydrogen (secondary N) is 1. The van der Waals surface area contributed by atoms with Gasteiger partial charge in [-0.1, -0.05) is 11.8 Å². The molecule has 1 N–H and O–H groups in total. The minimum absolute atomic E-state index is 0.155. The van der Waals surface area contributed by atoms with Crippen LogP contribution in [-0.2, 0) is 4.79 Å². The maximum atomic E-state index is 13.2. The van der Waals surface area contributed by atoms with Gasteiger partial charge >= 0.3 is 0 Å². The minimum atomic E-state index is -0.324. The first-order valence-corrected chi connectivity index (χ1v) is 9.93. The first kappa shape index (κ1) is 18.4. The molecule has 2 aromatic heterocycles. The number of hydrogen-bond acceptors (Lipinski definition) is 7. The molecule has 0 atom stereocenters. The largest absolute Gasteiger partial charge is 0.454 e. The molecule has 0 saturated heterocycles. The van der Waals surface area contributed by atoms with Crippen LogP contribution in [0.1, 0.15) is 0 Å². The number of rotatable bonds is 5. The molecule has 4 aromatic rings. The van der Waals surface area contributed by atoms with E-state index in [2.05, 4.69) is 20.4 Å². The Morgan fingerprint density at radius 1 is 1.13 bits per heavy atom. The van der Waals surface area contributed by atoms with Crippen LogP contribution >= 0.6 is 11.8 Å². The molecule has 30 heavy (non-hydrogen) atoms. The van der Waals surface area contributed by atoms with E-state index < -0.39 is 0 Å². The van der Waals surface area contributed by atoms with Crippen LogP contribution in [0.15, 0.2) is 60.0 Å². The summed E-state index contributed by atoms with van der Waals surface area (Å²) >= 11 is 1.28. The van der Waals surface area contributed by atoms with E-state index >= 15 is 0 Å². The summed E-state index contributed by atoms with van der Waals surface area (Å²) in [5.41, 5.74) is 1.89. The molecule has 2 aromatic carbocycles. The van der Waals surface area contributed by atoms with Gasteiger partial charge in [-0.2, -0.15) is 5.10 Å². The highest BCUT2D eigenvalue weighted by molar-refractivity contribution is 8.00.